The van der Waals surface area contributed by atoms with E-state index in [9.17, 15) is 4.79 Å². The molecule has 5 rings (SSSR count). The zero-order chi connectivity index (χ0) is 22.8. The van der Waals surface area contributed by atoms with Gasteiger partial charge in [-0.1, -0.05) is 59.0 Å². The summed E-state index contributed by atoms with van der Waals surface area (Å²) in [5.41, 5.74) is 3.92. The molecule has 1 N–H and O–H groups in total. The van der Waals surface area contributed by atoms with Crippen LogP contribution in [-0.2, 0) is 17.8 Å². The van der Waals surface area contributed by atoms with Crippen LogP contribution in [-0.4, -0.2) is 40.3 Å². The Morgan fingerprint density at radius 1 is 1.24 bits per heavy atom. The Hall–Kier alpha value is -2.88. The van der Waals surface area contributed by atoms with E-state index >= 15 is 0 Å². The van der Waals surface area contributed by atoms with Gasteiger partial charge in [0.25, 0.3) is 0 Å². The standard InChI is InChI=1S/C23H20ClN5O2S2/c1-31-18-7-6-16(24)10-17(18)27-19(30)12-32-22-20-21(25-13-26-22)28-23(33-20)29-9-8-14-4-2-3-5-15(14)11-29/h2-7,10,13H,8-9,11-12H2,1H3,(H,27,30). The predicted molar refractivity (Wildman–Crippen MR) is 134 cm³/mol. The highest BCUT2D eigenvalue weighted by Crippen LogP contribution is 2.36. The molecule has 2 aromatic heterocycles. The maximum atomic E-state index is 12.6. The Bertz CT molecular complexity index is 1330. The Morgan fingerprint density at radius 3 is 2.94 bits per heavy atom. The monoisotopic (exact) mass is 497 g/mol. The fourth-order valence-electron chi connectivity index (χ4n) is 3.72. The van der Waals surface area contributed by atoms with Crippen LogP contribution in [0.1, 0.15) is 11.1 Å². The van der Waals surface area contributed by atoms with E-state index in [1.165, 1.54) is 29.2 Å². The molecule has 0 unspecified atom stereocenters. The molecule has 0 bridgehead atoms. The lowest BCUT2D eigenvalue weighted by atomic mass is 10.0. The summed E-state index contributed by atoms with van der Waals surface area (Å²) >= 11 is 8.98. The van der Waals surface area contributed by atoms with Gasteiger partial charge in [0, 0.05) is 18.1 Å². The molecular weight excluding hydrogens is 478 g/mol. The van der Waals surface area contributed by atoms with Crippen molar-refractivity contribution in [3.8, 4) is 5.75 Å². The van der Waals surface area contributed by atoms with Gasteiger partial charge in [0.1, 0.15) is 21.8 Å². The summed E-state index contributed by atoms with van der Waals surface area (Å²) in [6.07, 6.45) is 2.49. The molecule has 1 amide bonds. The summed E-state index contributed by atoms with van der Waals surface area (Å²) < 4.78 is 6.19. The molecule has 7 nitrogen and oxygen atoms in total. The van der Waals surface area contributed by atoms with Crippen LogP contribution in [0.5, 0.6) is 5.75 Å². The van der Waals surface area contributed by atoms with Crippen LogP contribution in [0.15, 0.2) is 53.8 Å². The fraction of sp³-hybridized carbons (Fsp3) is 0.217. The Labute approximate surface area is 204 Å². The first-order valence-corrected chi connectivity index (χ1v) is 12.5. The molecule has 3 heterocycles. The van der Waals surface area contributed by atoms with Gasteiger partial charge in [0.2, 0.25) is 5.91 Å². The highest BCUT2D eigenvalue weighted by Gasteiger charge is 2.21. The molecule has 0 atom stereocenters. The maximum absolute atomic E-state index is 12.6. The number of nitrogens with one attached hydrogen (secondary N) is 1. The lowest BCUT2D eigenvalue weighted by Gasteiger charge is -2.28. The molecule has 1 aliphatic rings. The molecule has 0 spiro atoms. The number of benzene rings is 2. The van der Waals surface area contributed by atoms with Gasteiger partial charge >= 0.3 is 0 Å². The second-order valence-corrected chi connectivity index (χ2v) is 9.83. The van der Waals surface area contributed by atoms with Crippen molar-refractivity contribution in [1.29, 1.82) is 0 Å². The third kappa shape index (κ3) is 4.75. The molecule has 4 aromatic rings. The number of thioether (sulfide) groups is 1. The smallest absolute Gasteiger partial charge is 0.234 e. The number of aromatic nitrogens is 3. The third-order valence-electron chi connectivity index (χ3n) is 5.32. The van der Waals surface area contributed by atoms with Crippen molar-refractivity contribution in [2.45, 2.75) is 18.0 Å². The highest BCUT2D eigenvalue weighted by atomic mass is 35.5. The largest absolute Gasteiger partial charge is 0.495 e. The van der Waals surface area contributed by atoms with Crippen LogP contribution in [0.3, 0.4) is 0 Å². The molecule has 2 aromatic carbocycles. The first-order chi connectivity index (χ1) is 16.1. The van der Waals surface area contributed by atoms with Gasteiger partial charge in [-0.05, 0) is 35.7 Å². The quantitative estimate of drug-likeness (QED) is 0.295. The van der Waals surface area contributed by atoms with Crippen molar-refractivity contribution < 1.29 is 9.53 Å². The Balaban J connectivity index is 1.30. The minimum atomic E-state index is -0.176. The summed E-state index contributed by atoms with van der Waals surface area (Å²) in [4.78, 5) is 28.4. The molecule has 1 aliphatic heterocycles. The van der Waals surface area contributed by atoms with Gasteiger partial charge in [-0.25, -0.2) is 9.97 Å². The predicted octanol–water partition coefficient (Wildman–Crippen LogP) is 5.04. The minimum absolute atomic E-state index is 0.176. The van der Waals surface area contributed by atoms with E-state index in [-0.39, 0.29) is 11.7 Å². The fourth-order valence-corrected chi connectivity index (χ4v) is 5.80. The Kier molecular flexibility index (Phi) is 6.34. The Morgan fingerprint density at radius 2 is 2.09 bits per heavy atom. The number of hydrogen-bond acceptors (Lipinski definition) is 8. The molecule has 0 fully saturated rings. The van der Waals surface area contributed by atoms with Crippen LogP contribution in [0.25, 0.3) is 10.3 Å². The van der Waals surface area contributed by atoms with Crippen LogP contribution in [0.2, 0.25) is 5.02 Å². The minimum Gasteiger partial charge on any atom is -0.495 e. The van der Waals surface area contributed by atoms with E-state index in [0.29, 0.717) is 22.1 Å². The van der Waals surface area contributed by atoms with Gasteiger partial charge in [0.05, 0.1) is 18.6 Å². The number of amides is 1. The summed E-state index contributed by atoms with van der Waals surface area (Å²) in [7, 11) is 1.55. The van der Waals surface area contributed by atoms with Crippen molar-refractivity contribution in [1.82, 2.24) is 15.0 Å². The topological polar surface area (TPSA) is 80.2 Å². The van der Waals surface area contributed by atoms with Crippen LogP contribution >= 0.6 is 34.7 Å². The van der Waals surface area contributed by atoms with Gasteiger partial charge in [0.15, 0.2) is 10.8 Å². The summed E-state index contributed by atoms with van der Waals surface area (Å²) in [5, 5.41) is 5.05. The van der Waals surface area contributed by atoms with Crippen molar-refractivity contribution >= 4 is 61.8 Å². The number of halogens is 1. The number of nitrogens with zero attached hydrogens (tertiary/aromatic N) is 4. The van der Waals surface area contributed by atoms with E-state index in [1.54, 1.807) is 36.6 Å². The van der Waals surface area contributed by atoms with Crippen molar-refractivity contribution in [3.05, 3.63) is 64.9 Å². The lowest BCUT2D eigenvalue weighted by Crippen LogP contribution is -2.30. The first kappa shape index (κ1) is 21.9. The van der Waals surface area contributed by atoms with E-state index in [0.717, 1.165) is 34.4 Å². The number of anilines is 2. The highest BCUT2D eigenvalue weighted by molar-refractivity contribution is 8.00. The van der Waals surface area contributed by atoms with E-state index < -0.39 is 0 Å². The zero-order valence-electron chi connectivity index (χ0n) is 17.7. The van der Waals surface area contributed by atoms with Gasteiger partial charge in [-0.15, -0.1) is 0 Å². The van der Waals surface area contributed by atoms with E-state index in [4.69, 9.17) is 21.3 Å². The summed E-state index contributed by atoms with van der Waals surface area (Å²) in [5.74, 6) is 0.564. The maximum Gasteiger partial charge on any atom is 0.234 e. The van der Waals surface area contributed by atoms with E-state index in [1.807, 2.05) is 0 Å². The number of rotatable bonds is 6. The van der Waals surface area contributed by atoms with Gasteiger partial charge in [-0.3, -0.25) is 4.79 Å². The second kappa shape index (κ2) is 9.54. The number of fused-ring (bicyclic) bond motifs is 2. The number of thiazole rings is 1. The second-order valence-electron chi connectivity index (χ2n) is 7.45. The summed E-state index contributed by atoms with van der Waals surface area (Å²) in [6, 6.07) is 13.6. The molecule has 0 saturated carbocycles. The van der Waals surface area contributed by atoms with Crippen LogP contribution in [0, 0.1) is 0 Å². The molecule has 33 heavy (non-hydrogen) atoms. The molecule has 0 saturated heterocycles. The third-order valence-corrected chi connectivity index (χ3v) is 7.79. The van der Waals surface area contributed by atoms with Crippen molar-refractivity contribution in [3.63, 3.8) is 0 Å². The lowest BCUT2D eigenvalue weighted by molar-refractivity contribution is -0.113. The van der Waals surface area contributed by atoms with Gasteiger partial charge < -0.3 is 15.0 Å². The molecular formula is C23H20ClN5O2S2. The number of methoxy groups -OCH3 is 1. The number of hydrogen-bond donors (Lipinski definition) is 1. The normalized spacial score (nSPS) is 13.1. The zero-order valence-corrected chi connectivity index (χ0v) is 20.1. The van der Waals surface area contributed by atoms with Gasteiger partial charge in [-0.2, -0.15) is 4.98 Å². The number of carbonyl (C=O) groups excluding carboxylic acids is 1. The number of ether oxygens (including phenoxy) is 1. The SMILES string of the molecule is COc1ccc(Cl)cc1NC(=O)CSc1ncnc2nc(N3CCc4ccccc4C3)sc12. The average molecular weight is 498 g/mol. The van der Waals surface area contributed by atoms with Crippen LogP contribution < -0.4 is 15.0 Å². The van der Waals surface area contributed by atoms with Crippen molar-refractivity contribution in [2.75, 3.05) is 29.6 Å². The first-order valence-electron chi connectivity index (χ1n) is 10.3. The van der Waals surface area contributed by atoms with Crippen molar-refractivity contribution in [2.24, 2.45) is 0 Å². The molecule has 0 radical (unpaired) electrons. The van der Waals surface area contributed by atoms with Crippen LogP contribution in [0.4, 0.5) is 10.8 Å². The molecule has 10 heteroatoms. The van der Waals surface area contributed by atoms with E-state index in [2.05, 4.69) is 44.5 Å². The average Bonchev–Trinajstić information content (AvgIpc) is 3.28. The number of carbonyl (C=O) groups is 1. The molecule has 0 aliphatic carbocycles. The molecule has 168 valence electrons. The summed E-state index contributed by atoms with van der Waals surface area (Å²) in [6.45, 7) is 1.74.